The number of rotatable bonds is 5. The molecule has 0 bridgehead atoms. The largest absolute Gasteiger partial charge is 0.392 e. The van der Waals surface area contributed by atoms with E-state index in [1.807, 2.05) is 31.2 Å². The third-order valence-electron chi connectivity index (χ3n) is 2.45. The van der Waals surface area contributed by atoms with Crippen molar-refractivity contribution in [1.29, 1.82) is 0 Å². The molecule has 6 heteroatoms. The first-order valence-electron chi connectivity index (χ1n) is 5.10. The van der Waals surface area contributed by atoms with Gasteiger partial charge in [-0.25, -0.2) is 8.42 Å². The van der Waals surface area contributed by atoms with Crippen LogP contribution in [-0.4, -0.2) is 31.3 Å². The summed E-state index contributed by atoms with van der Waals surface area (Å²) in [4.78, 5) is 0.167. The molecule has 0 spiro atoms. The fourth-order valence-electron chi connectivity index (χ4n) is 1.40. The summed E-state index contributed by atoms with van der Waals surface area (Å²) in [5.41, 5.74) is 7.09. The second-order valence-corrected chi connectivity index (χ2v) is 6.51. The Kier molecular flexibility index (Phi) is 4.62. The van der Waals surface area contributed by atoms with Crippen LogP contribution < -0.4 is 5.73 Å². The van der Waals surface area contributed by atoms with Gasteiger partial charge >= 0.3 is 0 Å². The molecule has 4 nitrogen and oxygen atoms in total. The molecular weight excluding hydrogens is 256 g/mol. The SMILES string of the molecule is Cc1ccccc1CS(=O)(=O)N(C)CC(N)=S. The number of sulfonamides is 1. The van der Waals surface area contributed by atoms with Crippen LogP contribution in [-0.2, 0) is 15.8 Å². The Morgan fingerprint density at radius 2 is 2.00 bits per heavy atom. The molecule has 17 heavy (non-hydrogen) atoms. The molecule has 94 valence electrons. The van der Waals surface area contributed by atoms with Crippen LogP contribution in [0.15, 0.2) is 24.3 Å². The number of benzene rings is 1. The Bertz CT molecular complexity index is 512. The van der Waals surface area contributed by atoms with Gasteiger partial charge in [0, 0.05) is 7.05 Å². The van der Waals surface area contributed by atoms with Crippen LogP contribution in [0.1, 0.15) is 11.1 Å². The fourth-order valence-corrected chi connectivity index (χ4v) is 2.94. The summed E-state index contributed by atoms with van der Waals surface area (Å²) in [5, 5.41) is 0. The molecule has 0 saturated carbocycles. The molecule has 0 aliphatic rings. The van der Waals surface area contributed by atoms with E-state index in [-0.39, 0.29) is 17.3 Å². The van der Waals surface area contributed by atoms with Crippen LogP contribution in [0.3, 0.4) is 0 Å². The Balaban J connectivity index is 2.87. The number of likely N-dealkylation sites (N-methyl/N-ethyl adjacent to an activating group) is 1. The highest BCUT2D eigenvalue weighted by molar-refractivity contribution is 7.88. The lowest BCUT2D eigenvalue weighted by atomic mass is 10.1. The van der Waals surface area contributed by atoms with E-state index in [0.717, 1.165) is 11.1 Å². The van der Waals surface area contributed by atoms with E-state index in [4.69, 9.17) is 18.0 Å². The van der Waals surface area contributed by atoms with Crippen LogP contribution in [0, 0.1) is 6.92 Å². The minimum absolute atomic E-state index is 0.0290. The summed E-state index contributed by atoms with van der Waals surface area (Å²) in [7, 11) is -1.89. The van der Waals surface area contributed by atoms with Gasteiger partial charge in [0.05, 0.1) is 17.3 Å². The average Bonchev–Trinajstić information content (AvgIpc) is 2.20. The fraction of sp³-hybridized carbons (Fsp3) is 0.364. The normalized spacial score (nSPS) is 11.7. The van der Waals surface area contributed by atoms with Crippen molar-refractivity contribution in [3.05, 3.63) is 35.4 Å². The molecule has 0 unspecified atom stereocenters. The van der Waals surface area contributed by atoms with Gasteiger partial charge in [-0.1, -0.05) is 36.5 Å². The summed E-state index contributed by atoms with van der Waals surface area (Å²) in [6, 6.07) is 7.40. The van der Waals surface area contributed by atoms with Crippen molar-refractivity contribution >= 4 is 27.2 Å². The summed E-state index contributed by atoms with van der Waals surface area (Å²) in [6.45, 7) is 1.96. The molecule has 0 aliphatic heterocycles. The van der Waals surface area contributed by atoms with Gasteiger partial charge in [0.25, 0.3) is 0 Å². The number of nitrogens with two attached hydrogens (primary N) is 1. The van der Waals surface area contributed by atoms with Gasteiger partial charge in [0.15, 0.2) is 0 Å². The van der Waals surface area contributed by atoms with Gasteiger partial charge in [-0.05, 0) is 18.1 Å². The molecule has 0 heterocycles. The van der Waals surface area contributed by atoms with E-state index in [9.17, 15) is 8.42 Å². The minimum atomic E-state index is -3.37. The predicted octanol–water partition coefficient (Wildman–Crippen LogP) is 1.04. The molecule has 1 aromatic rings. The maximum atomic E-state index is 12.0. The topological polar surface area (TPSA) is 63.4 Å². The Morgan fingerprint density at radius 1 is 1.41 bits per heavy atom. The van der Waals surface area contributed by atoms with Gasteiger partial charge in [0.2, 0.25) is 10.0 Å². The molecule has 0 radical (unpaired) electrons. The van der Waals surface area contributed by atoms with E-state index in [0.29, 0.717) is 0 Å². The quantitative estimate of drug-likeness (QED) is 0.814. The lowest BCUT2D eigenvalue weighted by Gasteiger charge is -2.17. The van der Waals surface area contributed by atoms with Crippen molar-refractivity contribution in [2.75, 3.05) is 13.6 Å². The molecule has 0 fully saturated rings. The van der Waals surface area contributed by atoms with E-state index in [2.05, 4.69) is 0 Å². The first-order chi connectivity index (χ1) is 7.83. The van der Waals surface area contributed by atoms with E-state index in [1.165, 1.54) is 11.4 Å². The highest BCUT2D eigenvalue weighted by Crippen LogP contribution is 2.13. The maximum absolute atomic E-state index is 12.0. The maximum Gasteiger partial charge on any atom is 0.218 e. The van der Waals surface area contributed by atoms with Gasteiger partial charge < -0.3 is 5.73 Å². The van der Waals surface area contributed by atoms with Crippen molar-refractivity contribution in [3.8, 4) is 0 Å². The van der Waals surface area contributed by atoms with Gasteiger partial charge in [-0.2, -0.15) is 4.31 Å². The van der Waals surface area contributed by atoms with Crippen molar-refractivity contribution in [2.24, 2.45) is 5.73 Å². The van der Waals surface area contributed by atoms with E-state index in [1.54, 1.807) is 0 Å². The predicted molar refractivity (Wildman–Crippen MR) is 73.2 cm³/mol. The van der Waals surface area contributed by atoms with E-state index < -0.39 is 10.0 Å². The summed E-state index contributed by atoms with van der Waals surface area (Å²) < 4.78 is 25.2. The molecule has 0 aromatic heterocycles. The Labute approximate surface area is 107 Å². The number of thiocarbonyl (C=S) groups is 1. The monoisotopic (exact) mass is 272 g/mol. The lowest BCUT2D eigenvalue weighted by Crippen LogP contribution is -2.35. The van der Waals surface area contributed by atoms with Gasteiger partial charge in [0.1, 0.15) is 0 Å². The second kappa shape index (κ2) is 5.57. The number of aryl methyl sites for hydroxylation is 1. The zero-order valence-electron chi connectivity index (χ0n) is 9.88. The Hall–Kier alpha value is -0.980. The minimum Gasteiger partial charge on any atom is -0.392 e. The smallest absolute Gasteiger partial charge is 0.218 e. The van der Waals surface area contributed by atoms with Crippen molar-refractivity contribution in [3.63, 3.8) is 0 Å². The number of nitrogens with zero attached hydrogens (tertiary/aromatic N) is 1. The van der Waals surface area contributed by atoms with Crippen LogP contribution in [0.2, 0.25) is 0 Å². The Morgan fingerprint density at radius 3 is 2.53 bits per heavy atom. The van der Waals surface area contributed by atoms with Crippen LogP contribution in [0.25, 0.3) is 0 Å². The molecule has 0 atom stereocenters. The van der Waals surface area contributed by atoms with Gasteiger partial charge in [-0.15, -0.1) is 0 Å². The first-order valence-corrected chi connectivity index (χ1v) is 7.11. The highest BCUT2D eigenvalue weighted by atomic mass is 32.2. The van der Waals surface area contributed by atoms with Crippen LogP contribution >= 0.6 is 12.2 Å². The van der Waals surface area contributed by atoms with E-state index >= 15 is 0 Å². The zero-order valence-corrected chi connectivity index (χ0v) is 11.5. The summed E-state index contributed by atoms with van der Waals surface area (Å²) in [6.07, 6.45) is 0. The number of hydrogen-bond donors (Lipinski definition) is 1. The summed E-state index contributed by atoms with van der Waals surface area (Å²) in [5.74, 6) is -0.0290. The molecular formula is C11H16N2O2S2. The van der Waals surface area contributed by atoms with Crippen molar-refractivity contribution in [2.45, 2.75) is 12.7 Å². The average molecular weight is 272 g/mol. The summed E-state index contributed by atoms with van der Waals surface area (Å²) >= 11 is 4.70. The molecule has 0 saturated heterocycles. The first kappa shape index (κ1) is 14.1. The highest BCUT2D eigenvalue weighted by Gasteiger charge is 2.19. The van der Waals surface area contributed by atoms with Crippen molar-refractivity contribution in [1.82, 2.24) is 4.31 Å². The number of hydrogen-bond acceptors (Lipinski definition) is 3. The third kappa shape index (κ3) is 4.07. The lowest BCUT2D eigenvalue weighted by molar-refractivity contribution is 0.505. The molecule has 1 aromatic carbocycles. The zero-order chi connectivity index (χ0) is 13.1. The molecule has 2 N–H and O–H groups in total. The molecule has 1 rings (SSSR count). The molecule has 0 amide bonds. The molecule has 0 aliphatic carbocycles. The standard InChI is InChI=1S/C11H16N2O2S2/c1-9-5-3-4-6-10(9)8-17(14,15)13(2)7-11(12)16/h3-6H,7-8H2,1-2H3,(H2,12,16). The second-order valence-electron chi connectivity index (χ2n) is 3.91. The van der Waals surface area contributed by atoms with Crippen LogP contribution in [0.5, 0.6) is 0 Å². The van der Waals surface area contributed by atoms with Crippen LogP contribution in [0.4, 0.5) is 0 Å². The third-order valence-corrected chi connectivity index (χ3v) is 4.34. The van der Waals surface area contributed by atoms with Gasteiger partial charge in [-0.3, -0.25) is 0 Å². The van der Waals surface area contributed by atoms with Crippen molar-refractivity contribution < 1.29 is 8.42 Å².